The summed E-state index contributed by atoms with van der Waals surface area (Å²) in [5, 5.41) is 15.9. The molecule has 110 valence electrons. The predicted octanol–water partition coefficient (Wildman–Crippen LogP) is 1.78. The van der Waals surface area contributed by atoms with Crippen molar-refractivity contribution in [2.45, 2.75) is 50.2 Å². The van der Waals surface area contributed by atoms with Gasteiger partial charge < -0.3 is 10.4 Å². The number of rotatable bonds is 5. The number of aliphatic hydroxyl groups is 1. The van der Waals surface area contributed by atoms with Gasteiger partial charge in [-0.2, -0.15) is 13.9 Å². The van der Waals surface area contributed by atoms with Crippen molar-refractivity contribution in [1.29, 1.82) is 0 Å². The van der Waals surface area contributed by atoms with Crippen molar-refractivity contribution in [2.24, 2.45) is 5.92 Å². The van der Waals surface area contributed by atoms with E-state index >= 15 is 0 Å². The lowest BCUT2D eigenvalue weighted by Gasteiger charge is -2.41. The largest absolute Gasteiger partial charge is 0.383 e. The van der Waals surface area contributed by atoms with Gasteiger partial charge in [-0.3, -0.25) is 4.79 Å². The quantitative estimate of drug-likeness (QED) is 0.866. The van der Waals surface area contributed by atoms with Crippen LogP contribution in [-0.4, -0.2) is 32.3 Å². The van der Waals surface area contributed by atoms with Crippen LogP contribution >= 0.6 is 0 Å². The van der Waals surface area contributed by atoms with Crippen molar-refractivity contribution in [2.75, 3.05) is 5.32 Å². The number of carbonyl (C=O) groups is 1. The molecule has 5 nitrogen and oxygen atoms in total. The molecular formula is C13H17F2N3O2. The van der Waals surface area contributed by atoms with Gasteiger partial charge in [0.05, 0.1) is 6.20 Å². The van der Waals surface area contributed by atoms with Gasteiger partial charge in [0.2, 0.25) is 0 Å². The highest BCUT2D eigenvalue weighted by atomic mass is 19.3. The van der Waals surface area contributed by atoms with Crippen LogP contribution in [0.3, 0.4) is 0 Å². The molecule has 3 rings (SSSR count). The highest BCUT2D eigenvalue weighted by molar-refractivity contribution is 5.96. The first kappa shape index (κ1) is 13.5. The molecule has 1 aromatic rings. The fourth-order valence-electron chi connectivity index (χ4n) is 2.36. The zero-order valence-corrected chi connectivity index (χ0v) is 11.0. The molecule has 1 aromatic heterocycles. The lowest BCUT2D eigenvalue weighted by atomic mass is 9.75. The maximum Gasteiger partial charge on any atom is 0.352 e. The van der Waals surface area contributed by atoms with Crippen molar-refractivity contribution in [1.82, 2.24) is 9.78 Å². The summed E-state index contributed by atoms with van der Waals surface area (Å²) in [5.74, 6) is -4.47. The molecule has 0 unspecified atom stereocenters. The van der Waals surface area contributed by atoms with E-state index in [1.165, 1.54) is 16.9 Å². The second kappa shape index (κ2) is 4.51. The van der Waals surface area contributed by atoms with Gasteiger partial charge in [0, 0.05) is 12.6 Å². The average Bonchev–Trinajstić information content (AvgIpc) is 3.07. The van der Waals surface area contributed by atoms with Gasteiger partial charge in [-0.05, 0) is 38.0 Å². The minimum absolute atomic E-state index is 0.0469. The minimum atomic E-state index is -3.78. The Kier molecular flexibility index (Phi) is 3.04. The highest BCUT2D eigenvalue weighted by Gasteiger charge is 2.61. The van der Waals surface area contributed by atoms with E-state index in [4.69, 9.17) is 0 Å². The second-order valence-corrected chi connectivity index (χ2v) is 5.76. The first-order valence-electron chi connectivity index (χ1n) is 6.86. The minimum Gasteiger partial charge on any atom is -0.383 e. The Morgan fingerprint density at radius 2 is 2.25 bits per heavy atom. The molecular weight excluding hydrogens is 268 g/mol. The fraction of sp³-hybridized carbons (Fsp3) is 0.692. The van der Waals surface area contributed by atoms with Crippen LogP contribution in [0, 0.1) is 5.92 Å². The van der Waals surface area contributed by atoms with Crippen molar-refractivity contribution in [3.05, 3.63) is 12.3 Å². The Hall–Kier alpha value is -1.50. The van der Waals surface area contributed by atoms with Gasteiger partial charge in [0.25, 0.3) is 5.91 Å². The van der Waals surface area contributed by atoms with Crippen molar-refractivity contribution in [3.8, 4) is 0 Å². The Balaban J connectivity index is 1.70. The molecule has 7 heteroatoms. The summed E-state index contributed by atoms with van der Waals surface area (Å²) < 4.78 is 29.4. The molecule has 1 amide bonds. The summed E-state index contributed by atoms with van der Waals surface area (Å²) in [6, 6.07) is 1.49. The van der Waals surface area contributed by atoms with Gasteiger partial charge in [0.15, 0.2) is 0 Å². The van der Waals surface area contributed by atoms with Crippen LogP contribution in [0.5, 0.6) is 0 Å². The van der Waals surface area contributed by atoms with E-state index in [-0.39, 0.29) is 18.7 Å². The number of amides is 1. The number of alkyl halides is 2. The Morgan fingerprint density at radius 1 is 1.55 bits per heavy atom. The molecule has 0 atom stereocenters. The normalized spacial score (nSPS) is 21.4. The van der Waals surface area contributed by atoms with E-state index in [0.717, 1.165) is 12.8 Å². The van der Waals surface area contributed by atoms with E-state index in [9.17, 15) is 18.7 Å². The van der Waals surface area contributed by atoms with Gasteiger partial charge in [-0.15, -0.1) is 0 Å². The molecule has 0 saturated heterocycles. The van der Waals surface area contributed by atoms with Crippen LogP contribution in [0.2, 0.25) is 0 Å². The van der Waals surface area contributed by atoms with Crippen LogP contribution in [0.25, 0.3) is 0 Å². The zero-order valence-electron chi connectivity index (χ0n) is 11.0. The third-order valence-corrected chi connectivity index (χ3v) is 4.14. The number of hydrogen-bond donors (Lipinski definition) is 2. The summed E-state index contributed by atoms with van der Waals surface area (Å²) in [4.78, 5) is 11.8. The van der Waals surface area contributed by atoms with Gasteiger partial charge >= 0.3 is 5.92 Å². The summed E-state index contributed by atoms with van der Waals surface area (Å²) in [5.41, 5.74) is -2.20. The fourth-order valence-corrected chi connectivity index (χ4v) is 2.36. The van der Waals surface area contributed by atoms with E-state index in [0.29, 0.717) is 18.9 Å². The molecule has 2 aliphatic rings. The zero-order chi connectivity index (χ0) is 14.4. The smallest absolute Gasteiger partial charge is 0.352 e. The molecule has 2 saturated carbocycles. The van der Waals surface area contributed by atoms with E-state index in [1.54, 1.807) is 0 Å². The number of carbonyl (C=O) groups excluding carboxylic acids is 1. The van der Waals surface area contributed by atoms with Crippen LogP contribution in [0.1, 0.15) is 32.1 Å². The molecule has 0 spiro atoms. The van der Waals surface area contributed by atoms with E-state index < -0.39 is 17.4 Å². The number of anilines is 1. The topological polar surface area (TPSA) is 67.2 Å². The van der Waals surface area contributed by atoms with Crippen LogP contribution in [0.15, 0.2) is 12.3 Å². The molecule has 2 fully saturated rings. The van der Waals surface area contributed by atoms with Gasteiger partial charge in [-0.1, -0.05) is 0 Å². The lowest BCUT2D eigenvalue weighted by Crippen LogP contribution is -2.59. The van der Waals surface area contributed by atoms with Crippen molar-refractivity contribution in [3.63, 3.8) is 0 Å². The maximum atomic E-state index is 14.0. The number of aromatic nitrogens is 2. The summed E-state index contributed by atoms with van der Waals surface area (Å²) in [6.45, 7) is 0.623. The number of nitrogens with one attached hydrogen (secondary N) is 1. The van der Waals surface area contributed by atoms with E-state index in [2.05, 4.69) is 10.4 Å². The SMILES string of the molecule is O=C(Nc1ccnn1CC1CC1)C(F)(F)C1(O)CCC1. The lowest BCUT2D eigenvalue weighted by molar-refractivity contribution is -0.212. The van der Waals surface area contributed by atoms with Crippen LogP contribution in [0.4, 0.5) is 14.6 Å². The van der Waals surface area contributed by atoms with E-state index in [1.807, 2.05) is 0 Å². The Bertz CT molecular complexity index is 521. The molecule has 0 bridgehead atoms. The third kappa shape index (κ3) is 2.19. The molecule has 20 heavy (non-hydrogen) atoms. The number of nitrogens with zero attached hydrogens (tertiary/aromatic N) is 2. The Labute approximate surface area is 115 Å². The highest BCUT2D eigenvalue weighted by Crippen LogP contribution is 2.44. The maximum absolute atomic E-state index is 14.0. The second-order valence-electron chi connectivity index (χ2n) is 5.76. The van der Waals surface area contributed by atoms with Crippen LogP contribution in [-0.2, 0) is 11.3 Å². The van der Waals surface area contributed by atoms with Crippen LogP contribution < -0.4 is 5.32 Å². The Morgan fingerprint density at radius 3 is 2.80 bits per heavy atom. The van der Waals surface area contributed by atoms with Crippen molar-refractivity contribution >= 4 is 11.7 Å². The predicted molar refractivity (Wildman–Crippen MR) is 67.3 cm³/mol. The molecule has 0 aliphatic heterocycles. The molecule has 0 aromatic carbocycles. The third-order valence-electron chi connectivity index (χ3n) is 4.14. The molecule has 1 heterocycles. The average molecular weight is 285 g/mol. The molecule has 2 aliphatic carbocycles. The number of halogens is 2. The first-order valence-corrected chi connectivity index (χ1v) is 6.86. The van der Waals surface area contributed by atoms with Crippen molar-refractivity contribution < 1.29 is 18.7 Å². The number of hydrogen-bond acceptors (Lipinski definition) is 3. The summed E-state index contributed by atoms with van der Waals surface area (Å²) in [6.07, 6.45) is 4.09. The van der Waals surface area contributed by atoms with Gasteiger partial charge in [-0.25, -0.2) is 4.68 Å². The summed E-state index contributed by atoms with van der Waals surface area (Å²) in [7, 11) is 0. The van der Waals surface area contributed by atoms with Gasteiger partial charge in [0.1, 0.15) is 11.4 Å². The summed E-state index contributed by atoms with van der Waals surface area (Å²) >= 11 is 0. The molecule has 0 radical (unpaired) electrons. The monoisotopic (exact) mass is 285 g/mol. The standard InChI is InChI=1S/C13H17F2N3O2/c14-13(15,12(20)5-1-6-12)11(19)17-10-4-7-16-18(10)8-9-2-3-9/h4,7,9,20H,1-3,5-6,8H2,(H,17,19). The first-order chi connectivity index (χ1) is 9.42. The molecule has 2 N–H and O–H groups in total.